The van der Waals surface area contributed by atoms with Crippen LogP contribution < -0.4 is 20.1 Å². The zero-order valence-electron chi connectivity index (χ0n) is 18.6. The molecule has 166 valence electrons. The third-order valence-corrected chi connectivity index (χ3v) is 5.52. The highest BCUT2D eigenvalue weighted by Gasteiger charge is 2.30. The van der Waals surface area contributed by atoms with Gasteiger partial charge < -0.3 is 14.4 Å². The summed E-state index contributed by atoms with van der Waals surface area (Å²) in [5.74, 6) is 1.78. The molecule has 32 heavy (non-hydrogen) atoms. The van der Waals surface area contributed by atoms with E-state index in [1.807, 2.05) is 26.0 Å². The number of nitriles is 1. The molecule has 0 spiro atoms. The molecule has 9 heteroatoms. The summed E-state index contributed by atoms with van der Waals surface area (Å²) in [6.07, 6.45) is 3.23. The maximum atomic E-state index is 12.4. The van der Waals surface area contributed by atoms with E-state index in [4.69, 9.17) is 9.47 Å². The van der Waals surface area contributed by atoms with E-state index in [-0.39, 0.29) is 23.9 Å². The Morgan fingerprint density at radius 2 is 2.03 bits per heavy atom. The highest BCUT2D eigenvalue weighted by atomic mass is 16.5. The van der Waals surface area contributed by atoms with Crippen LogP contribution in [0.2, 0.25) is 0 Å². The highest BCUT2D eigenvalue weighted by Crippen LogP contribution is 2.29. The van der Waals surface area contributed by atoms with Crippen molar-refractivity contribution in [2.75, 3.05) is 11.4 Å². The molecule has 4 heterocycles. The lowest BCUT2D eigenvalue weighted by atomic mass is 10.0. The minimum atomic E-state index is -0.350. The molecule has 2 atom stereocenters. The molecule has 3 aromatic heterocycles. The Hall–Kier alpha value is -3.67. The average molecular weight is 435 g/mol. The molecule has 0 bridgehead atoms. The van der Waals surface area contributed by atoms with Gasteiger partial charge in [0.05, 0.1) is 17.8 Å². The van der Waals surface area contributed by atoms with Gasteiger partial charge in [0.15, 0.2) is 5.82 Å². The Kier molecular flexibility index (Phi) is 5.95. The van der Waals surface area contributed by atoms with Gasteiger partial charge in [0.1, 0.15) is 29.1 Å². The molecular weight excluding hydrogens is 408 g/mol. The largest absolute Gasteiger partial charge is 0.489 e. The summed E-state index contributed by atoms with van der Waals surface area (Å²) >= 11 is 0. The lowest BCUT2D eigenvalue weighted by Gasteiger charge is -2.38. The lowest BCUT2D eigenvalue weighted by Crippen LogP contribution is -2.46. The van der Waals surface area contributed by atoms with E-state index >= 15 is 0 Å². The van der Waals surface area contributed by atoms with Crippen molar-refractivity contribution in [1.82, 2.24) is 19.5 Å². The third-order valence-electron chi connectivity index (χ3n) is 5.52. The maximum absolute atomic E-state index is 12.4. The summed E-state index contributed by atoms with van der Waals surface area (Å²) in [6, 6.07) is 9.15. The Bertz CT molecular complexity index is 1220. The van der Waals surface area contributed by atoms with Crippen LogP contribution >= 0.6 is 0 Å². The van der Waals surface area contributed by atoms with Crippen LogP contribution in [0.25, 0.3) is 11.0 Å². The first kappa shape index (κ1) is 21.6. The van der Waals surface area contributed by atoms with Gasteiger partial charge in [-0.2, -0.15) is 10.2 Å². The van der Waals surface area contributed by atoms with E-state index in [1.165, 1.54) is 4.57 Å². The van der Waals surface area contributed by atoms with E-state index in [0.717, 1.165) is 12.8 Å². The average Bonchev–Trinajstić information content (AvgIpc) is 2.77. The minimum absolute atomic E-state index is 0.00828. The number of pyridine rings is 2. The predicted octanol–water partition coefficient (Wildman–Crippen LogP) is 2.82. The standard InChI is InChI=1S/C23H26N6O3/c1-14(2)31-18-6-8-20(25-13-18)32-17-9-10-29(15(3)11-17)22-21-19(28(4)23(30)27-22)7-5-16(12-24)26-21/h5-8,13-15,17H,9-11H2,1-4H3. The van der Waals surface area contributed by atoms with Crippen LogP contribution in [0.15, 0.2) is 35.3 Å². The number of ether oxygens (including phenoxy) is 2. The van der Waals surface area contributed by atoms with E-state index in [9.17, 15) is 10.1 Å². The number of fused-ring (bicyclic) bond motifs is 1. The molecule has 1 aliphatic heterocycles. The predicted molar refractivity (Wildman–Crippen MR) is 120 cm³/mol. The number of hydrogen-bond acceptors (Lipinski definition) is 8. The normalized spacial score (nSPS) is 18.6. The van der Waals surface area contributed by atoms with E-state index in [0.29, 0.717) is 40.7 Å². The zero-order chi connectivity index (χ0) is 22.8. The van der Waals surface area contributed by atoms with Crippen LogP contribution in [0.5, 0.6) is 11.6 Å². The van der Waals surface area contributed by atoms with Gasteiger partial charge in [-0.1, -0.05) is 0 Å². The van der Waals surface area contributed by atoms with Gasteiger partial charge in [0, 0.05) is 38.5 Å². The fraction of sp³-hybridized carbons (Fsp3) is 0.435. The van der Waals surface area contributed by atoms with E-state index in [2.05, 4.69) is 32.8 Å². The first-order chi connectivity index (χ1) is 15.4. The van der Waals surface area contributed by atoms with Crippen molar-refractivity contribution in [1.29, 1.82) is 5.26 Å². The molecule has 1 saturated heterocycles. The molecule has 1 aliphatic rings. The number of rotatable bonds is 5. The molecular formula is C23H26N6O3. The highest BCUT2D eigenvalue weighted by molar-refractivity contribution is 5.86. The van der Waals surface area contributed by atoms with Crippen molar-refractivity contribution in [2.24, 2.45) is 7.05 Å². The van der Waals surface area contributed by atoms with Crippen molar-refractivity contribution < 1.29 is 9.47 Å². The van der Waals surface area contributed by atoms with Gasteiger partial charge in [-0.05, 0) is 39.0 Å². The second-order valence-electron chi connectivity index (χ2n) is 8.26. The summed E-state index contributed by atoms with van der Waals surface area (Å²) in [7, 11) is 1.66. The summed E-state index contributed by atoms with van der Waals surface area (Å²) in [5, 5.41) is 9.26. The minimum Gasteiger partial charge on any atom is -0.489 e. The second-order valence-corrected chi connectivity index (χ2v) is 8.26. The van der Waals surface area contributed by atoms with Gasteiger partial charge in [-0.25, -0.2) is 14.8 Å². The van der Waals surface area contributed by atoms with Crippen LogP contribution in [-0.4, -0.2) is 44.3 Å². The molecule has 0 saturated carbocycles. The number of anilines is 1. The summed E-state index contributed by atoms with van der Waals surface area (Å²) < 4.78 is 13.2. The van der Waals surface area contributed by atoms with E-state index in [1.54, 1.807) is 25.4 Å². The van der Waals surface area contributed by atoms with Crippen molar-refractivity contribution in [3.8, 4) is 17.7 Å². The van der Waals surface area contributed by atoms with Crippen LogP contribution in [0.3, 0.4) is 0 Å². The second kappa shape index (κ2) is 8.83. The molecule has 0 radical (unpaired) electrons. The number of nitrogens with zero attached hydrogens (tertiary/aromatic N) is 6. The zero-order valence-corrected chi connectivity index (χ0v) is 18.6. The number of aromatic nitrogens is 4. The Morgan fingerprint density at radius 3 is 2.69 bits per heavy atom. The SMILES string of the molecule is CC(C)Oc1ccc(OC2CCN(c3nc(=O)n(C)c4ccc(C#N)nc34)C(C)C2)nc1. The molecule has 4 rings (SSSR count). The van der Waals surface area contributed by atoms with Crippen LogP contribution in [-0.2, 0) is 7.05 Å². The number of piperidine rings is 1. The number of hydrogen-bond donors (Lipinski definition) is 0. The van der Waals surface area contributed by atoms with Crippen molar-refractivity contribution >= 4 is 16.9 Å². The van der Waals surface area contributed by atoms with Crippen molar-refractivity contribution in [3.05, 3.63) is 46.6 Å². The van der Waals surface area contributed by atoms with Crippen LogP contribution in [0.1, 0.15) is 39.3 Å². The third kappa shape index (κ3) is 4.35. The first-order valence-electron chi connectivity index (χ1n) is 10.7. The fourth-order valence-corrected chi connectivity index (χ4v) is 3.97. The summed E-state index contributed by atoms with van der Waals surface area (Å²) in [5.41, 5.74) is 1.15. The van der Waals surface area contributed by atoms with Gasteiger partial charge >= 0.3 is 5.69 Å². The van der Waals surface area contributed by atoms with Gasteiger partial charge in [-0.15, -0.1) is 0 Å². The summed E-state index contributed by atoms with van der Waals surface area (Å²) in [6.45, 7) is 6.66. The van der Waals surface area contributed by atoms with Crippen molar-refractivity contribution in [3.63, 3.8) is 0 Å². The molecule has 1 fully saturated rings. The Morgan fingerprint density at radius 1 is 1.22 bits per heavy atom. The number of aryl methyl sites for hydroxylation is 1. The van der Waals surface area contributed by atoms with Crippen molar-refractivity contribution in [2.45, 2.75) is 51.9 Å². The van der Waals surface area contributed by atoms with Crippen LogP contribution in [0.4, 0.5) is 5.82 Å². The molecule has 0 amide bonds. The van der Waals surface area contributed by atoms with Crippen LogP contribution in [0, 0.1) is 11.3 Å². The smallest absolute Gasteiger partial charge is 0.349 e. The monoisotopic (exact) mass is 434 g/mol. The quantitative estimate of drug-likeness (QED) is 0.603. The molecule has 9 nitrogen and oxygen atoms in total. The Balaban J connectivity index is 1.53. The fourth-order valence-electron chi connectivity index (χ4n) is 3.97. The first-order valence-corrected chi connectivity index (χ1v) is 10.7. The van der Waals surface area contributed by atoms with Gasteiger partial charge in [0.2, 0.25) is 5.88 Å². The van der Waals surface area contributed by atoms with Gasteiger partial charge in [-0.3, -0.25) is 4.57 Å². The Labute approximate surface area is 186 Å². The molecule has 0 aliphatic carbocycles. The van der Waals surface area contributed by atoms with Gasteiger partial charge in [0.25, 0.3) is 0 Å². The topological polar surface area (TPSA) is 106 Å². The molecule has 0 aromatic carbocycles. The molecule has 3 aromatic rings. The lowest BCUT2D eigenvalue weighted by molar-refractivity contribution is 0.148. The molecule has 2 unspecified atom stereocenters. The molecule has 0 N–H and O–H groups in total. The van der Waals surface area contributed by atoms with E-state index < -0.39 is 0 Å². The summed E-state index contributed by atoms with van der Waals surface area (Å²) in [4.78, 5) is 27.6. The maximum Gasteiger partial charge on any atom is 0.349 e.